The number of amides is 1. The number of anilines is 2. The van der Waals surface area contributed by atoms with E-state index in [4.69, 9.17) is 0 Å². The predicted molar refractivity (Wildman–Crippen MR) is 129 cm³/mol. The van der Waals surface area contributed by atoms with Crippen molar-refractivity contribution in [3.8, 4) is 0 Å². The van der Waals surface area contributed by atoms with E-state index in [0.29, 0.717) is 0 Å². The first-order chi connectivity index (χ1) is 15.5. The summed E-state index contributed by atoms with van der Waals surface area (Å²) in [6, 6.07) is 16.7. The Labute approximate surface area is 191 Å². The number of carbonyl (C=O) groups is 1. The molecule has 2 aromatic rings. The molecule has 5 rings (SSSR count). The zero-order valence-corrected chi connectivity index (χ0v) is 19.2. The molecule has 0 spiro atoms. The van der Waals surface area contributed by atoms with Gasteiger partial charge < -0.3 is 19.8 Å². The van der Waals surface area contributed by atoms with Crippen LogP contribution < -0.4 is 9.80 Å². The lowest BCUT2D eigenvalue weighted by Gasteiger charge is -2.35. The van der Waals surface area contributed by atoms with E-state index in [9.17, 15) is 9.90 Å². The van der Waals surface area contributed by atoms with Crippen molar-refractivity contribution in [1.82, 2.24) is 4.90 Å². The Bertz CT molecular complexity index is 944. The summed E-state index contributed by atoms with van der Waals surface area (Å²) >= 11 is 0. The zero-order chi connectivity index (χ0) is 22.1. The van der Waals surface area contributed by atoms with E-state index in [1.807, 2.05) is 29.2 Å². The van der Waals surface area contributed by atoms with E-state index in [1.165, 1.54) is 11.3 Å². The lowest BCUT2D eigenvalue weighted by molar-refractivity contribution is -0.120. The smallest absolute Gasteiger partial charge is 0.230 e. The van der Waals surface area contributed by atoms with Gasteiger partial charge >= 0.3 is 0 Å². The fourth-order valence-corrected chi connectivity index (χ4v) is 5.69. The molecule has 5 heteroatoms. The number of hydrogen-bond acceptors (Lipinski definition) is 4. The number of piperazine rings is 1. The van der Waals surface area contributed by atoms with Gasteiger partial charge in [-0.1, -0.05) is 43.2 Å². The van der Waals surface area contributed by atoms with Crippen molar-refractivity contribution in [2.24, 2.45) is 5.92 Å². The Morgan fingerprint density at radius 1 is 0.938 bits per heavy atom. The number of carbonyl (C=O) groups excluding carboxylic acids is 1. The Balaban J connectivity index is 1.27. The topological polar surface area (TPSA) is 47.0 Å². The third-order valence-electron chi connectivity index (χ3n) is 7.77. The van der Waals surface area contributed by atoms with Crippen molar-refractivity contribution < 1.29 is 9.90 Å². The lowest BCUT2D eigenvalue weighted by Crippen LogP contribution is -2.44. The summed E-state index contributed by atoms with van der Waals surface area (Å²) < 4.78 is 0. The molecule has 2 saturated heterocycles. The number of likely N-dealkylation sites (N-methyl/N-ethyl adjacent to an activating group) is 1. The second-order valence-electron chi connectivity index (χ2n) is 9.88. The van der Waals surface area contributed by atoms with Gasteiger partial charge in [-0.05, 0) is 62.1 Å². The summed E-state index contributed by atoms with van der Waals surface area (Å²) in [7, 11) is 2.18. The van der Waals surface area contributed by atoms with E-state index >= 15 is 0 Å². The van der Waals surface area contributed by atoms with Crippen LogP contribution in [0.1, 0.15) is 43.2 Å². The molecule has 1 atom stereocenters. The maximum atomic E-state index is 13.3. The summed E-state index contributed by atoms with van der Waals surface area (Å²) in [5.74, 6) is 0.257. The van der Waals surface area contributed by atoms with Crippen LogP contribution in [0.3, 0.4) is 0 Å². The Hall–Kier alpha value is -2.37. The molecule has 2 heterocycles. The number of para-hydroxylation sites is 1. The Morgan fingerprint density at radius 3 is 2.34 bits per heavy atom. The zero-order valence-electron chi connectivity index (χ0n) is 19.2. The highest BCUT2D eigenvalue weighted by molar-refractivity contribution is 5.97. The van der Waals surface area contributed by atoms with Crippen LogP contribution in [0.4, 0.5) is 11.4 Å². The van der Waals surface area contributed by atoms with Gasteiger partial charge in [-0.15, -0.1) is 0 Å². The molecule has 1 aliphatic carbocycles. The SMILES string of the molecule is CN1CCN(c2ccccc2C[C@@H]2CCN(c3ccc(C4(O)CCCC4)cc3)C2=O)CC1. The number of hydrogen-bond donors (Lipinski definition) is 1. The molecule has 1 amide bonds. The number of nitrogens with zero attached hydrogens (tertiary/aromatic N) is 3. The average molecular weight is 434 g/mol. The van der Waals surface area contributed by atoms with E-state index in [-0.39, 0.29) is 11.8 Å². The van der Waals surface area contributed by atoms with Crippen LogP contribution in [0, 0.1) is 5.92 Å². The van der Waals surface area contributed by atoms with Gasteiger partial charge in [-0.2, -0.15) is 0 Å². The minimum absolute atomic E-state index is 0.0299. The van der Waals surface area contributed by atoms with E-state index in [1.54, 1.807) is 0 Å². The minimum atomic E-state index is -0.678. The third kappa shape index (κ3) is 4.16. The van der Waals surface area contributed by atoms with Crippen LogP contribution in [0.15, 0.2) is 48.5 Å². The van der Waals surface area contributed by atoms with Gasteiger partial charge in [0.25, 0.3) is 0 Å². The molecule has 0 radical (unpaired) electrons. The van der Waals surface area contributed by atoms with Gasteiger partial charge in [0.05, 0.1) is 5.60 Å². The van der Waals surface area contributed by atoms with Crippen molar-refractivity contribution in [3.05, 3.63) is 59.7 Å². The monoisotopic (exact) mass is 433 g/mol. The summed E-state index contributed by atoms with van der Waals surface area (Å²) in [6.45, 7) is 5.00. The second kappa shape index (κ2) is 8.87. The fraction of sp³-hybridized carbons (Fsp3) is 0.519. The highest BCUT2D eigenvalue weighted by atomic mass is 16.3. The Morgan fingerprint density at radius 2 is 1.62 bits per heavy atom. The van der Waals surface area contributed by atoms with Crippen molar-refractivity contribution in [3.63, 3.8) is 0 Å². The van der Waals surface area contributed by atoms with Gasteiger partial charge in [0.1, 0.15) is 0 Å². The Kier molecular flexibility index (Phi) is 5.95. The highest BCUT2D eigenvalue weighted by Gasteiger charge is 2.35. The van der Waals surface area contributed by atoms with Gasteiger partial charge in [-0.3, -0.25) is 4.79 Å². The van der Waals surface area contributed by atoms with Crippen LogP contribution in [0.5, 0.6) is 0 Å². The number of aliphatic hydroxyl groups is 1. The molecule has 1 N–H and O–H groups in total. The summed E-state index contributed by atoms with van der Waals surface area (Å²) in [4.78, 5) is 20.1. The van der Waals surface area contributed by atoms with Crippen LogP contribution in [0.2, 0.25) is 0 Å². The normalized spacial score (nSPS) is 23.8. The summed E-state index contributed by atoms with van der Waals surface area (Å²) in [5.41, 5.74) is 3.85. The summed E-state index contributed by atoms with van der Waals surface area (Å²) in [6.07, 6.45) is 5.53. The molecule has 3 fully saturated rings. The van der Waals surface area contributed by atoms with Crippen LogP contribution in [-0.4, -0.2) is 55.7 Å². The van der Waals surface area contributed by atoms with E-state index in [0.717, 1.165) is 82.5 Å². The van der Waals surface area contributed by atoms with Crippen LogP contribution in [-0.2, 0) is 16.8 Å². The minimum Gasteiger partial charge on any atom is -0.385 e. The first kappa shape index (κ1) is 21.5. The molecule has 32 heavy (non-hydrogen) atoms. The maximum absolute atomic E-state index is 13.3. The molecule has 3 aliphatic rings. The van der Waals surface area contributed by atoms with Crippen molar-refractivity contribution in [2.75, 3.05) is 49.6 Å². The molecule has 0 unspecified atom stereocenters. The lowest BCUT2D eigenvalue weighted by atomic mass is 9.92. The summed E-state index contributed by atoms with van der Waals surface area (Å²) in [5, 5.41) is 10.8. The third-order valence-corrected chi connectivity index (χ3v) is 7.77. The van der Waals surface area contributed by atoms with E-state index in [2.05, 4.69) is 41.1 Å². The first-order valence-corrected chi connectivity index (χ1v) is 12.2. The number of rotatable bonds is 5. The molecular weight excluding hydrogens is 398 g/mol. The van der Waals surface area contributed by atoms with Gasteiger partial charge in [0, 0.05) is 50.0 Å². The quantitative estimate of drug-likeness (QED) is 0.779. The maximum Gasteiger partial charge on any atom is 0.230 e. The van der Waals surface area contributed by atoms with Crippen LogP contribution >= 0.6 is 0 Å². The molecule has 1 saturated carbocycles. The molecule has 170 valence electrons. The largest absolute Gasteiger partial charge is 0.385 e. The number of benzene rings is 2. The van der Waals surface area contributed by atoms with Crippen molar-refractivity contribution in [2.45, 2.75) is 44.1 Å². The van der Waals surface area contributed by atoms with E-state index < -0.39 is 5.60 Å². The van der Waals surface area contributed by atoms with Gasteiger partial charge in [0.2, 0.25) is 5.91 Å². The molecule has 2 aliphatic heterocycles. The average Bonchev–Trinajstić information content (AvgIpc) is 3.42. The molecule has 5 nitrogen and oxygen atoms in total. The molecule has 0 bridgehead atoms. The molecule has 0 aromatic heterocycles. The first-order valence-electron chi connectivity index (χ1n) is 12.2. The molecule has 2 aromatic carbocycles. The van der Waals surface area contributed by atoms with Gasteiger partial charge in [0.15, 0.2) is 0 Å². The fourth-order valence-electron chi connectivity index (χ4n) is 5.69. The standard InChI is InChI=1S/C27H35N3O2/c1-28-16-18-29(19-17-28)25-7-3-2-6-21(25)20-22-12-15-30(26(22)31)24-10-8-23(9-11-24)27(32)13-4-5-14-27/h2-3,6-11,22,32H,4-5,12-20H2,1H3/t22-/m0/s1. The van der Waals surface area contributed by atoms with Crippen LogP contribution in [0.25, 0.3) is 0 Å². The van der Waals surface area contributed by atoms with Crippen molar-refractivity contribution >= 4 is 17.3 Å². The highest BCUT2D eigenvalue weighted by Crippen LogP contribution is 2.39. The molecular formula is C27H35N3O2. The second-order valence-corrected chi connectivity index (χ2v) is 9.88. The predicted octanol–water partition coefficient (Wildman–Crippen LogP) is 3.80. The van der Waals surface area contributed by atoms with Crippen molar-refractivity contribution in [1.29, 1.82) is 0 Å². The van der Waals surface area contributed by atoms with Gasteiger partial charge in [-0.25, -0.2) is 0 Å².